The summed E-state index contributed by atoms with van der Waals surface area (Å²) in [6.07, 6.45) is 7.24. The van der Waals surface area contributed by atoms with Gasteiger partial charge in [0.2, 0.25) is 0 Å². The Hall–Kier alpha value is -2.99. The topological polar surface area (TPSA) is 66.5 Å². The van der Waals surface area contributed by atoms with Crippen LogP contribution >= 0.6 is 11.6 Å². The SMILES string of the molecule is Cc1cnc2[nH]cc(Cc3ccc(NCc4cncc(F)c4)nc3Cl)c2c1. The smallest absolute Gasteiger partial charge is 0.141 e. The van der Waals surface area contributed by atoms with E-state index >= 15 is 0 Å². The first-order chi connectivity index (χ1) is 13.1. The summed E-state index contributed by atoms with van der Waals surface area (Å²) in [7, 11) is 0. The highest BCUT2D eigenvalue weighted by Gasteiger charge is 2.10. The summed E-state index contributed by atoms with van der Waals surface area (Å²) in [5, 5.41) is 4.66. The van der Waals surface area contributed by atoms with Crippen molar-refractivity contribution in [3.05, 3.63) is 82.3 Å². The quantitative estimate of drug-likeness (QED) is 0.493. The van der Waals surface area contributed by atoms with E-state index in [0.717, 1.165) is 33.3 Å². The first-order valence-electron chi connectivity index (χ1n) is 8.50. The number of pyridine rings is 3. The van der Waals surface area contributed by atoms with Gasteiger partial charge in [-0.05, 0) is 47.4 Å². The van der Waals surface area contributed by atoms with E-state index in [0.29, 0.717) is 23.9 Å². The lowest BCUT2D eigenvalue weighted by molar-refractivity contribution is 0.619. The van der Waals surface area contributed by atoms with E-state index in [4.69, 9.17) is 11.6 Å². The van der Waals surface area contributed by atoms with E-state index in [9.17, 15) is 4.39 Å². The van der Waals surface area contributed by atoms with Crippen molar-refractivity contribution in [3.8, 4) is 0 Å². The Morgan fingerprint density at radius 1 is 1.15 bits per heavy atom. The molecular weight excluding hydrogens is 365 g/mol. The first kappa shape index (κ1) is 17.4. The molecule has 5 nitrogen and oxygen atoms in total. The molecule has 0 aliphatic rings. The minimum absolute atomic E-state index is 0.362. The van der Waals surface area contributed by atoms with Crippen molar-refractivity contribution in [1.29, 1.82) is 0 Å². The third kappa shape index (κ3) is 3.90. The van der Waals surface area contributed by atoms with Crippen LogP contribution in [0.25, 0.3) is 11.0 Å². The molecule has 0 unspecified atom stereocenters. The molecule has 2 N–H and O–H groups in total. The highest BCUT2D eigenvalue weighted by Crippen LogP contribution is 2.24. The molecule has 4 heterocycles. The van der Waals surface area contributed by atoms with Gasteiger partial charge in [0.25, 0.3) is 0 Å². The number of aryl methyl sites for hydroxylation is 1. The number of nitrogens with one attached hydrogen (secondary N) is 2. The van der Waals surface area contributed by atoms with E-state index in [1.165, 1.54) is 12.3 Å². The molecule has 0 spiro atoms. The van der Waals surface area contributed by atoms with E-state index < -0.39 is 0 Å². The molecule has 136 valence electrons. The van der Waals surface area contributed by atoms with Crippen molar-refractivity contribution >= 4 is 28.5 Å². The number of nitrogens with zero attached hydrogens (tertiary/aromatic N) is 3. The number of halogens is 2. The number of anilines is 1. The van der Waals surface area contributed by atoms with Crippen molar-refractivity contribution in [1.82, 2.24) is 19.9 Å². The predicted octanol–water partition coefficient (Wildman–Crippen LogP) is 4.66. The fraction of sp³-hybridized carbons (Fsp3) is 0.150. The van der Waals surface area contributed by atoms with Crippen LogP contribution in [0.15, 0.2) is 49.1 Å². The molecule has 0 fully saturated rings. The second kappa shape index (κ2) is 7.32. The predicted molar refractivity (Wildman–Crippen MR) is 104 cm³/mol. The maximum absolute atomic E-state index is 13.2. The molecule has 27 heavy (non-hydrogen) atoms. The molecule has 0 aliphatic carbocycles. The number of rotatable bonds is 5. The Morgan fingerprint density at radius 2 is 2.04 bits per heavy atom. The molecule has 0 saturated carbocycles. The van der Waals surface area contributed by atoms with Crippen LogP contribution in [0.4, 0.5) is 10.2 Å². The van der Waals surface area contributed by atoms with Gasteiger partial charge in [-0.25, -0.2) is 14.4 Å². The largest absolute Gasteiger partial charge is 0.366 e. The summed E-state index contributed by atoms with van der Waals surface area (Å²) in [5.41, 5.74) is 4.76. The maximum Gasteiger partial charge on any atom is 0.141 e. The molecule has 0 aliphatic heterocycles. The number of hydrogen-bond acceptors (Lipinski definition) is 4. The van der Waals surface area contributed by atoms with Crippen LogP contribution in [0.2, 0.25) is 5.15 Å². The van der Waals surface area contributed by atoms with Gasteiger partial charge in [-0.15, -0.1) is 0 Å². The van der Waals surface area contributed by atoms with Crippen molar-refractivity contribution in [2.45, 2.75) is 19.9 Å². The Bertz CT molecular complexity index is 1110. The summed E-state index contributed by atoms with van der Waals surface area (Å²) in [6, 6.07) is 7.36. The summed E-state index contributed by atoms with van der Waals surface area (Å²) < 4.78 is 13.2. The van der Waals surface area contributed by atoms with E-state index in [2.05, 4.69) is 31.3 Å². The molecule has 0 amide bonds. The molecule has 0 saturated heterocycles. The average Bonchev–Trinajstić information content (AvgIpc) is 3.04. The number of fused-ring (bicyclic) bond motifs is 1. The number of aromatic nitrogens is 4. The normalized spacial score (nSPS) is 11.1. The fourth-order valence-corrected chi connectivity index (χ4v) is 3.17. The molecule has 0 atom stereocenters. The molecule has 0 radical (unpaired) electrons. The Labute approximate surface area is 160 Å². The van der Waals surface area contributed by atoms with Crippen LogP contribution in [0.1, 0.15) is 22.3 Å². The average molecular weight is 382 g/mol. The van der Waals surface area contributed by atoms with Gasteiger partial charge in [0, 0.05) is 36.9 Å². The number of aromatic amines is 1. The maximum atomic E-state index is 13.2. The Morgan fingerprint density at radius 3 is 2.85 bits per heavy atom. The summed E-state index contributed by atoms with van der Waals surface area (Å²) in [5.74, 6) is 0.267. The van der Waals surface area contributed by atoms with Crippen molar-refractivity contribution < 1.29 is 4.39 Å². The van der Waals surface area contributed by atoms with Gasteiger partial charge in [-0.2, -0.15) is 0 Å². The summed E-state index contributed by atoms with van der Waals surface area (Å²) in [4.78, 5) is 15.8. The zero-order chi connectivity index (χ0) is 18.8. The van der Waals surface area contributed by atoms with Gasteiger partial charge in [0.15, 0.2) is 0 Å². The van der Waals surface area contributed by atoms with Crippen LogP contribution in [-0.4, -0.2) is 19.9 Å². The molecule has 4 rings (SSSR count). The molecule has 4 aromatic rings. The fourth-order valence-electron chi connectivity index (χ4n) is 2.95. The Kier molecular flexibility index (Phi) is 4.73. The zero-order valence-electron chi connectivity index (χ0n) is 14.6. The van der Waals surface area contributed by atoms with E-state index in [1.807, 2.05) is 31.5 Å². The standard InChI is InChI=1S/C20H17ClFN5/c1-12-4-17-15(10-26-20(17)25-7-12)6-14-2-3-18(27-19(14)21)24-9-13-5-16(22)11-23-8-13/h2-5,7-8,10-11H,6,9H2,1H3,(H,24,27)(H,25,26). The minimum atomic E-state index is -0.362. The number of hydrogen-bond donors (Lipinski definition) is 2. The monoisotopic (exact) mass is 381 g/mol. The lowest BCUT2D eigenvalue weighted by atomic mass is 10.1. The van der Waals surface area contributed by atoms with Crippen molar-refractivity contribution in [2.75, 3.05) is 5.32 Å². The molecule has 0 bridgehead atoms. The van der Waals surface area contributed by atoms with Gasteiger partial charge in [0.05, 0.1) is 6.20 Å². The third-order valence-electron chi connectivity index (χ3n) is 4.30. The lowest BCUT2D eigenvalue weighted by Gasteiger charge is -2.09. The van der Waals surface area contributed by atoms with E-state index in [1.54, 1.807) is 6.20 Å². The van der Waals surface area contributed by atoms with Gasteiger partial charge in [-0.3, -0.25) is 4.98 Å². The van der Waals surface area contributed by atoms with Gasteiger partial charge >= 0.3 is 0 Å². The number of H-pyrrole nitrogens is 1. The molecule has 0 aromatic carbocycles. The van der Waals surface area contributed by atoms with Gasteiger partial charge in [-0.1, -0.05) is 17.7 Å². The highest BCUT2D eigenvalue weighted by atomic mass is 35.5. The minimum Gasteiger partial charge on any atom is -0.366 e. The third-order valence-corrected chi connectivity index (χ3v) is 4.62. The van der Waals surface area contributed by atoms with Crippen molar-refractivity contribution in [2.24, 2.45) is 0 Å². The van der Waals surface area contributed by atoms with Crippen LogP contribution < -0.4 is 5.32 Å². The molecule has 7 heteroatoms. The molecular formula is C20H17ClFN5. The zero-order valence-corrected chi connectivity index (χ0v) is 15.4. The molecule has 4 aromatic heterocycles. The van der Waals surface area contributed by atoms with Crippen molar-refractivity contribution in [3.63, 3.8) is 0 Å². The second-order valence-electron chi connectivity index (χ2n) is 6.41. The summed E-state index contributed by atoms with van der Waals surface area (Å²) >= 11 is 6.39. The highest BCUT2D eigenvalue weighted by molar-refractivity contribution is 6.30. The van der Waals surface area contributed by atoms with Gasteiger partial charge < -0.3 is 10.3 Å². The van der Waals surface area contributed by atoms with Crippen LogP contribution in [0.3, 0.4) is 0 Å². The van der Waals surface area contributed by atoms with Gasteiger partial charge in [0.1, 0.15) is 22.4 Å². The first-order valence-corrected chi connectivity index (χ1v) is 8.87. The van der Waals surface area contributed by atoms with Crippen LogP contribution in [-0.2, 0) is 13.0 Å². The second-order valence-corrected chi connectivity index (χ2v) is 6.77. The lowest BCUT2D eigenvalue weighted by Crippen LogP contribution is -2.03. The summed E-state index contributed by atoms with van der Waals surface area (Å²) in [6.45, 7) is 2.44. The van der Waals surface area contributed by atoms with Crippen LogP contribution in [0, 0.1) is 12.7 Å². The van der Waals surface area contributed by atoms with E-state index in [-0.39, 0.29) is 5.82 Å². The van der Waals surface area contributed by atoms with Crippen LogP contribution in [0.5, 0.6) is 0 Å². The Balaban J connectivity index is 1.50.